The molecule has 22 heavy (non-hydrogen) atoms. The van der Waals surface area contributed by atoms with Crippen LogP contribution < -0.4 is 5.32 Å². The SMILES string of the molecule is Cc1ccc(F)cc1NC(=O)[C@@H]1CC(=O)N(C2CCCC2)C1. The molecule has 4 nitrogen and oxygen atoms in total. The maximum absolute atomic E-state index is 13.3. The average molecular weight is 304 g/mol. The second kappa shape index (κ2) is 6.07. The van der Waals surface area contributed by atoms with Gasteiger partial charge in [0.1, 0.15) is 5.82 Å². The lowest BCUT2D eigenvalue weighted by atomic mass is 10.1. The Morgan fingerprint density at radius 2 is 2.05 bits per heavy atom. The lowest BCUT2D eigenvalue weighted by Crippen LogP contribution is -2.35. The van der Waals surface area contributed by atoms with Crippen molar-refractivity contribution in [1.82, 2.24) is 4.90 Å². The molecule has 0 radical (unpaired) electrons. The quantitative estimate of drug-likeness (QED) is 0.933. The van der Waals surface area contributed by atoms with Crippen molar-refractivity contribution in [2.45, 2.75) is 45.1 Å². The Labute approximate surface area is 129 Å². The Morgan fingerprint density at radius 1 is 1.32 bits per heavy atom. The number of aryl methyl sites for hydroxylation is 1. The molecule has 1 aliphatic carbocycles. The van der Waals surface area contributed by atoms with E-state index < -0.39 is 0 Å². The van der Waals surface area contributed by atoms with Crippen LogP contribution in [0.1, 0.15) is 37.7 Å². The van der Waals surface area contributed by atoms with Gasteiger partial charge in [0.2, 0.25) is 11.8 Å². The molecule has 2 aliphatic rings. The predicted octanol–water partition coefficient (Wildman–Crippen LogP) is 2.86. The molecule has 0 unspecified atom stereocenters. The van der Waals surface area contributed by atoms with Crippen LogP contribution in [0.3, 0.4) is 0 Å². The first-order valence-corrected chi connectivity index (χ1v) is 7.91. The van der Waals surface area contributed by atoms with E-state index in [4.69, 9.17) is 0 Å². The fourth-order valence-electron chi connectivity index (χ4n) is 3.44. The number of halogens is 1. The summed E-state index contributed by atoms with van der Waals surface area (Å²) in [6, 6.07) is 4.63. The van der Waals surface area contributed by atoms with E-state index in [0.717, 1.165) is 31.2 Å². The van der Waals surface area contributed by atoms with Crippen LogP contribution in [-0.4, -0.2) is 29.3 Å². The molecule has 1 aliphatic heterocycles. The first-order chi connectivity index (χ1) is 10.5. The van der Waals surface area contributed by atoms with E-state index in [1.165, 1.54) is 12.1 Å². The van der Waals surface area contributed by atoms with Gasteiger partial charge in [0.25, 0.3) is 0 Å². The summed E-state index contributed by atoms with van der Waals surface area (Å²) in [6.45, 7) is 2.31. The van der Waals surface area contributed by atoms with E-state index in [0.29, 0.717) is 18.3 Å². The number of benzene rings is 1. The highest BCUT2D eigenvalue weighted by atomic mass is 19.1. The maximum Gasteiger partial charge on any atom is 0.229 e. The van der Waals surface area contributed by atoms with Crippen LogP contribution in [-0.2, 0) is 9.59 Å². The highest BCUT2D eigenvalue weighted by Crippen LogP contribution is 2.30. The first kappa shape index (κ1) is 15.0. The van der Waals surface area contributed by atoms with Crippen LogP contribution >= 0.6 is 0 Å². The van der Waals surface area contributed by atoms with E-state index >= 15 is 0 Å². The summed E-state index contributed by atoms with van der Waals surface area (Å²) in [5, 5.41) is 2.77. The number of amides is 2. The molecule has 5 heteroatoms. The molecular weight excluding hydrogens is 283 g/mol. The number of hydrogen-bond donors (Lipinski definition) is 1. The minimum absolute atomic E-state index is 0.0722. The molecule has 2 amide bonds. The van der Waals surface area contributed by atoms with Crippen LogP contribution in [0.15, 0.2) is 18.2 Å². The zero-order chi connectivity index (χ0) is 15.7. The van der Waals surface area contributed by atoms with Gasteiger partial charge in [-0.3, -0.25) is 9.59 Å². The van der Waals surface area contributed by atoms with Crippen LogP contribution in [0.2, 0.25) is 0 Å². The summed E-state index contributed by atoms with van der Waals surface area (Å²) in [7, 11) is 0. The van der Waals surface area contributed by atoms with Crippen LogP contribution in [0.25, 0.3) is 0 Å². The van der Waals surface area contributed by atoms with E-state index in [9.17, 15) is 14.0 Å². The summed E-state index contributed by atoms with van der Waals surface area (Å²) in [4.78, 5) is 26.4. The normalized spacial score (nSPS) is 22.4. The molecule has 1 aromatic rings. The smallest absolute Gasteiger partial charge is 0.229 e. The van der Waals surface area contributed by atoms with E-state index in [2.05, 4.69) is 5.32 Å². The van der Waals surface area contributed by atoms with Crippen molar-refractivity contribution in [3.05, 3.63) is 29.6 Å². The van der Waals surface area contributed by atoms with Crippen molar-refractivity contribution < 1.29 is 14.0 Å². The van der Waals surface area contributed by atoms with Crippen LogP contribution in [0.4, 0.5) is 10.1 Å². The molecule has 0 aromatic heterocycles. The number of hydrogen-bond acceptors (Lipinski definition) is 2. The summed E-state index contributed by atoms with van der Waals surface area (Å²) in [6.07, 6.45) is 4.67. The number of carbonyl (C=O) groups is 2. The van der Waals surface area contributed by atoms with Crippen molar-refractivity contribution in [1.29, 1.82) is 0 Å². The number of nitrogens with one attached hydrogen (secondary N) is 1. The highest BCUT2D eigenvalue weighted by Gasteiger charge is 2.38. The molecule has 1 atom stereocenters. The molecule has 0 bridgehead atoms. The number of anilines is 1. The Kier molecular flexibility index (Phi) is 4.14. The maximum atomic E-state index is 13.3. The largest absolute Gasteiger partial charge is 0.339 e. The number of carbonyl (C=O) groups excluding carboxylic acids is 2. The zero-order valence-corrected chi connectivity index (χ0v) is 12.8. The molecule has 1 saturated carbocycles. The van der Waals surface area contributed by atoms with Gasteiger partial charge in [-0.25, -0.2) is 4.39 Å². The Bertz CT molecular complexity index is 596. The topological polar surface area (TPSA) is 49.4 Å². The van der Waals surface area contributed by atoms with Crippen molar-refractivity contribution in [2.75, 3.05) is 11.9 Å². The minimum Gasteiger partial charge on any atom is -0.339 e. The van der Waals surface area contributed by atoms with Crippen molar-refractivity contribution in [2.24, 2.45) is 5.92 Å². The first-order valence-electron chi connectivity index (χ1n) is 7.91. The van der Waals surface area contributed by atoms with Crippen molar-refractivity contribution >= 4 is 17.5 Å². The Balaban J connectivity index is 1.65. The second-order valence-electron chi connectivity index (χ2n) is 6.33. The van der Waals surface area contributed by atoms with Crippen LogP contribution in [0.5, 0.6) is 0 Å². The number of nitrogens with zero attached hydrogens (tertiary/aromatic N) is 1. The third kappa shape index (κ3) is 2.98. The van der Waals surface area contributed by atoms with Gasteiger partial charge in [0.05, 0.1) is 5.92 Å². The van der Waals surface area contributed by atoms with Crippen molar-refractivity contribution in [3.63, 3.8) is 0 Å². The predicted molar refractivity (Wildman–Crippen MR) is 81.8 cm³/mol. The van der Waals surface area contributed by atoms with Crippen molar-refractivity contribution in [3.8, 4) is 0 Å². The van der Waals surface area contributed by atoms with Gasteiger partial charge < -0.3 is 10.2 Å². The summed E-state index contributed by atoms with van der Waals surface area (Å²) in [5.41, 5.74) is 1.29. The van der Waals surface area contributed by atoms with Gasteiger partial charge >= 0.3 is 0 Å². The highest BCUT2D eigenvalue weighted by molar-refractivity contribution is 5.97. The standard InChI is InChI=1S/C17H21FN2O2/c1-11-6-7-13(18)9-15(11)19-17(22)12-8-16(21)20(10-12)14-4-2-3-5-14/h6-7,9,12,14H,2-5,8,10H2,1H3,(H,19,22)/t12-/m1/s1. The van der Waals surface area contributed by atoms with E-state index in [1.807, 2.05) is 11.8 Å². The minimum atomic E-state index is -0.379. The lowest BCUT2D eigenvalue weighted by molar-refractivity contribution is -0.129. The van der Waals surface area contributed by atoms with Gasteiger partial charge in [0.15, 0.2) is 0 Å². The van der Waals surface area contributed by atoms with Gasteiger partial charge in [-0.05, 0) is 37.5 Å². The Morgan fingerprint density at radius 3 is 2.77 bits per heavy atom. The third-order valence-corrected chi connectivity index (χ3v) is 4.75. The molecule has 1 N–H and O–H groups in total. The zero-order valence-electron chi connectivity index (χ0n) is 12.8. The summed E-state index contributed by atoms with van der Waals surface area (Å²) in [5.74, 6) is -0.836. The average Bonchev–Trinajstić information content (AvgIpc) is 3.11. The molecule has 1 heterocycles. The number of rotatable bonds is 3. The number of likely N-dealkylation sites (tertiary alicyclic amines) is 1. The molecule has 0 spiro atoms. The van der Waals surface area contributed by atoms with E-state index in [-0.39, 0.29) is 30.0 Å². The summed E-state index contributed by atoms with van der Waals surface area (Å²) < 4.78 is 13.3. The lowest BCUT2D eigenvalue weighted by Gasteiger charge is -2.23. The van der Waals surface area contributed by atoms with Gasteiger partial charge in [0, 0.05) is 24.7 Å². The molecule has 2 fully saturated rings. The molecule has 1 aromatic carbocycles. The van der Waals surface area contributed by atoms with E-state index in [1.54, 1.807) is 6.07 Å². The second-order valence-corrected chi connectivity index (χ2v) is 6.33. The monoisotopic (exact) mass is 304 g/mol. The fraction of sp³-hybridized carbons (Fsp3) is 0.529. The third-order valence-electron chi connectivity index (χ3n) is 4.75. The fourth-order valence-corrected chi connectivity index (χ4v) is 3.44. The van der Waals surface area contributed by atoms with Gasteiger partial charge in [-0.2, -0.15) is 0 Å². The molecular formula is C17H21FN2O2. The van der Waals surface area contributed by atoms with Gasteiger partial charge in [-0.15, -0.1) is 0 Å². The molecule has 1 saturated heterocycles. The Hall–Kier alpha value is -1.91. The molecule has 118 valence electrons. The summed E-state index contributed by atoms with van der Waals surface area (Å²) >= 11 is 0. The molecule has 3 rings (SSSR count). The van der Waals surface area contributed by atoms with Crippen LogP contribution in [0, 0.1) is 18.7 Å². The van der Waals surface area contributed by atoms with Gasteiger partial charge in [-0.1, -0.05) is 18.9 Å².